The number of rotatable bonds is 5. The van der Waals surface area contributed by atoms with Crippen LogP contribution in [-0.4, -0.2) is 41.4 Å². The summed E-state index contributed by atoms with van der Waals surface area (Å²) in [7, 11) is 6.29. The third-order valence-electron chi connectivity index (χ3n) is 3.06. The van der Waals surface area contributed by atoms with Gasteiger partial charge in [0.25, 0.3) is 0 Å². The predicted molar refractivity (Wildman–Crippen MR) is 71.2 cm³/mol. The number of aromatic nitrogens is 3. The van der Waals surface area contributed by atoms with E-state index in [0.29, 0.717) is 28.5 Å². The van der Waals surface area contributed by atoms with Crippen molar-refractivity contribution in [3.8, 4) is 17.2 Å². The van der Waals surface area contributed by atoms with Crippen LogP contribution in [0.5, 0.6) is 17.2 Å². The number of aliphatic hydroxyl groups is 1. The van der Waals surface area contributed by atoms with Crippen LogP contribution in [0.2, 0.25) is 0 Å². The molecule has 1 atom stereocenters. The first-order chi connectivity index (χ1) is 9.62. The highest BCUT2D eigenvalue weighted by Gasteiger charge is 2.24. The smallest absolute Gasteiger partial charge is 0.132 e. The van der Waals surface area contributed by atoms with Gasteiger partial charge in [-0.25, -0.2) is 4.68 Å². The van der Waals surface area contributed by atoms with Crippen LogP contribution in [0.3, 0.4) is 0 Å². The average Bonchev–Trinajstić information content (AvgIpc) is 2.91. The highest BCUT2D eigenvalue weighted by atomic mass is 16.5. The zero-order chi connectivity index (χ0) is 14.7. The van der Waals surface area contributed by atoms with Gasteiger partial charge < -0.3 is 19.3 Å². The quantitative estimate of drug-likeness (QED) is 0.877. The molecule has 7 heteroatoms. The molecule has 0 aliphatic carbocycles. The van der Waals surface area contributed by atoms with Crippen LogP contribution >= 0.6 is 0 Å². The molecule has 0 radical (unpaired) electrons. The Morgan fingerprint density at radius 1 is 1.10 bits per heavy atom. The number of aryl methyl sites for hydroxylation is 1. The van der Waals surface area contributed by atoms with E-state index in [4.69, 9.17) is 14.2 Å². The topological polar surface area (TPSA) is 78.6 Å². The van der Waals surface area contributed by atoms with Gasteiger partial charge in [0.15, 0.2) is 0 Å². The monoisotopic (exact) mass is 279 g/mol. The molecule has 1 heterocycles. The fourth-order valence-electron chi connectivity index (χ4n) is 2.00. The second-order valence-electron chi connectivity index (χ2n) is 4.13. The molecular weight excluding hydrogens is 262 g/mol. The van der Waals surface area contributed by atoms with E-state index in [0.717, 1.165) is 0 Å². The van der Waals surface area contributed by atoms with Gasteiger partial charge in [-0.2, -0.15) is 0 Å². The van der Waals surface area contributed by atoms with E-state index < -0.39 is 6.10 Å². The van der Waals surface area contributed by atoms with Crippen LogP contribution in [-0.2, 0) is 7.05 Å². The van der Waals surface area contributed by atoms with Crippen molar-refractivity contribution in [3.05, 3.63) is 29.6 Å². The van der Waals surface area contributed by atoms with Crippen LogP contribution in [0.15, 0.2) is 18.3 Å². The van der Waals surface area contributed by atoms with Crippen LogP contribution in [0, 0.1) is 0 Å². The van der Waals surface area contributed by atoms with E-state index in [2.05, 4.69) is 10.3 Å². The van der Waals surface area contributed by atoms with Crippen molar-refractivity contribution >= 4 is 0 Å². The Morgan fingerprint density at radius 3 is 2.10 bits per heavy atom. The van der Waals surface area contributed by atoms with Crippen molar-refractivity contribution < 1.29 is 19.3 Å². The van der Waals surface area contributed by atoms with Gasteiger partial charge in [0.2, 0.25) is 0 Å². The van der Waals surface area contributed by atoms with Gasteiger partial charge >= 0.3 is 0 Å². The summed E-state index contributed by atoms with van der Waals surface area (Å²) >= 11 is 0. The van der Waals surface area contributed by atoms with Crippen molar-refractivity contribution in [2.75, 3.05) is 21.3 Å². The normalized spacial score (nSPS) is 12.1. The lowest BCUT2D eigenvalue weighted by Gasteiger charge is -2.19. The minimum atomic E-state index is -0.967. The summed E-state index contributed by atoms with van der Waals surface area (Å²) in [5.41, 5.74) is 1.04. The van der Waals surface area contributed by atoms with Crippen molar-refractivity contribution in [3.63, 3.8) is 0 Å². The van der Waals surface area contributed by atoms with E-state index in [1.165, 1.54) is 25.1 Å². The number of methoxy groups -OCH3 is 3. The van der Waals surface area contributed by atoms with Gasteiger partial charge in [-0.15, -0.1) is 5.10 Å². The molecule has 0 saturated carbocycles. The van der Waals surface area contributed by atoms with E-state index in [1.54, 1.807) is 26.3 Å². The van der Waals surface area contributed by atoms with Gasteiger partial charge in [0.05, 0.1) is 38.8 Å². The standard InChI is InChI=1S/C13H17N3O4/c1-16-9(7-14-15-16)13(17)12-10(19-3)5-8(18-2)6-11(12)20-4/h5-7,13,17H,1-4H3. The maximum Gasteiger partial charge on any atom is 0.132 e. The zero-order valence-corrected chi connectivity index (χ0v) is 11.8. The molecule has 1 N–H and O–H groups in total. The molecule has 0 spiro atoms. The molecule has 0 aliphatic rings. The number of nitrogens with zero attached hydrogens (tertiary/aromatic N) is 3. The second-order valence-corrected chi connectivity index (χ2v) is 4.13. The fraction of sp³-hybridized carbons (Fsp3) is 0.385. The number of hydrogen-bond donors (Lipinski definition) is 1. The van der Waals surface area contributed by atoms with Crippen molar-refractivity contribution in [1.29, 1.82) is 0 Å². The highest BCUT2D eigenvalue weighted by molar-refractivity contribution is 5.53. The molecule has 2 rings (SSSR count). The Morgan fingerprint density at radius 2 is 1.70 bits per heavy atom. The van der Waals surface area contributed by atoms with E-state index >= 15 is 0 Å². The first kappa shape index (κ1) is 14.1. The Hall–Kier alpha value is -2.28. The van der Waals surface area contributed by atoms with Gasteiger partial charge in [0.1, 0.15) is 23.4 Å². The molecule has 7 nitrogen and oxygen atoms in total. The Kier molecular flexibility index (Phi) is 4.09. The first-order valence-electron chi connectivity index (χ1n) is 5.95. The Balaban J connectivity index is 2.57. The molecule has 0 saturated heterocycles. The van der Waals surface area contributed by atoms with Crippen molar-refractivity contribution in [1.82, 2.24) is 15.0 Å². The molecule has 0 bridgehead atoms. The summed E-state index contributed by atoms with van der Waals surface area (Å²) in [4.78, 5) is 0. The number of ether oxygens (including phenoxy) is 3. The summed E-state index contributed by atoms with van der Waals surface area (Å²) in [6.45, 7) is 0. The molecule has 1 aromatic carbocycles. The van der Waals surface area contributed by atoms with Crippen LogP contribution < -0.4 is 14.2 Å². The van der Waals surface area contributed by atoms with Crippen LogP contribution in [0.4, 0.5) is 0 Å². The third kappa shape index (κ3) is 2.39. The van der Waals surface area contributed by atoms with Gasteiger partial charge in [-0.3, -0.25) is 0 Å². The van der Waals surface area contributed by atoms with E-state index in [-0.39, 0.29) is 0 Å². The number of benzene rings is 1. The molecule has 0 fully saturated rings. The fourth-order valence-corrected chi connectivity index (χ4v) is 2.00. The molecule has 108 valence electrons. The van der Waals surface area contributed by atoms with E-state index in [1.807, 2.05) is 0 Å². The molecule has 2 aromatic rings. The van der Waals surface area contributed by atoms with Gasteiger partial charge in [0, 0.05) is 19.2 Å². The SMILES string of the molecule is COc1cc(OC)c(C(O)c2cnnn2C)c(OC)c1. The second kappa shape index (κ2) is 5.79. The summed E-state index contributed by atoms with van der Waals surface area (Å²) in [5.74, 6) is 1.52. The maximum atomic E-state index is 10.5. The largest absolute Gasteiger partial charge is 0.496 e. The highest BCUT2D eigenvalue weighted by Crippen LogP contribution is 2.40. The molecule has 0 amide bonds. The lowest BCUT2D eigenvalue weighted by Crippen LogP contribution is -2.10. The van der Waals surface area contributed by atoms with Crippen molar-refractivity contribution in [2.24, 2.45) is 7.05 Å². The molecule has 20 heavy (non-hydrogen) atoms. The average molecular weight is 279 g/mol. The zero-order valence-electron chi connectivity index (χ0n) is 11.8. The lowest BCUT2D eigenvalue weighted by molar-refractivity contribution is 0.198. The molecule has 1 unspecified atom stereocenters. The summed E-state index contributed by atoms with van der Waals surface area (Å²) < 4.78 is 17.3. The van der Waals surface area contributed by atoms with E-state index in [9.17, 15) is 5.11 Å². The first-order valence-corrected chi connectivity index (χ1v) is 5.95. The molecular formula is C13H17N3O4. The summed E-state index contributed by atoms with van der Waals surface area (Å²) in [5, 5.41) is 18.1. The Bertz CT molecular complexity index is 572. The van der Waals surface area contributed by atoms with Crippen LogP contribution in [0.25, 0.3) is 0 Å². The van der Waals surface area contributed by atoms with Gasteiger partial charge in [-0.1, -0.05) is 5.21 Å². The third-order valence-corrected chi connectivity index (χ3v) is 3.06. The van der Waals surface area contributed by atoms with Gasteiger partial charge in [-0.05, 0) is 0 Å². The number of aliphatic hydroxyl groups excluding tert-OH is 1. The maximum absolute atomic E-state index is 10.5. The minimum absolute atomic E-state index is 0.468. The molecule has 0 aliphatic heterocycles. The lowest BCUT2D eigenvalue weighted by atomic mass is 10.0. The van der Waals surface area contributed by atoms with Crippen LogP contribution in [0.1, 0.15) is 17.4 Å². The number of hydrogen-bond acceptors (Lipinski definition) is 6. The Labute approximate surface area is 116 Å². The minimum Gasteiger partial charge on any atom is -0.496 e. The molecule has 1 aromatic heterocycles. The predicted octanol–water partition coefficient (Wildman–Crippen LogP) is 0.923. The summed E-state index contributed by atoms with van der Waals surface area (Å²) in [6, 6.07) is 3.37. The summed E-state index contributed by atoms with van der Waals surface area (Å²) in [6.07, 6.45) is 0.527. The van der Waals surface area contributed by atoms with Crippen molar-refractivity contribution in [2.45, 2.75) is 6.10 Å².